The van der Waals surface area contributed by atoms with Crippen LogP contribution in [0.25, 0.3) is 0 Å². The normalized spacial score (nSPS) is 26.8. The fraction of sp³-hybridized carbons (Fsp3) is 0.778. The average molecular weight is 154 g/mol. The van der Waals surface area contributed by atoms with E-state index in [-0.39, 0.29) is 0 Å². The monoisotopic (exact) mass is 154 g/mol. The van der Waals surface area contributed by atoms with E-state index in [1.165, 1.54) is 13.1 Å². The Morgan fingerprint density at radius 1 is 1.73 bits per heavy atom. The summed E-state index contributed by atoms with van der Waals surface area (Å²) in [5, 5.41) is 3.39. The van der Waals surface area contributed by atoms with Gasteiger partial charge in [0.25, 0.3) is 0 Å². The second-order valence-electron chi connectivity index (χ2n) is 3.01. The summed E-state index contributed by atoms with van der Waals surface area (Å²) in [5.74, 6) is 0. The molecule has 0 aromatic carbocycles. The van der Waals surface area contributed by atoms with Gasteiger partial charge in [0.15, 0.2) is 0 Å². The summed E-state index contributed by atoms with van der Waals surface area (Å²) >= 11 is 0. The maximum Gasteiger partial charge on any atom is 0.0255 e. The Morgan fingerprint density at radius 2 is 2.55 bits per heavy atom. The molecule has 0 aromatic heterocycles. The number of nitrogens with one attached hydrogen (secondary N) is 1. The quantitative estimate of drug-likeness (QED) is 0.606. The van der Waals surface area contributed by atoms with E-state index in [1.54, 1.807) is 0 Å². The Balaban J connectivity index is 2.37. The summed E-state index contributed by atoms with van der Waals surface area (Å²) in [4.78, 5) is 2.51. The number of rotatable bonds is 3. The summed E-state index contributed by atoms with van der Waals surface area (Å²) < 4.78 is 0. The second kappa shape index (κ2) is 4.52. The average Bonchev–Trinajstić information content (AvgIpc) is 2.06. The molecule has 1 aliphatic heterocycles. The van der Waals surface area contributed by atoms with Gasteiger partial charge in [-0.3, -0.25) is 4.90 Å². The highest BCUT2D eigenvalue weighted by atomic mass is 15.2. The molecule has 0 aliphatic carbocycles. The zero-order valence-electron chi connectivity index (χ0n) is 7.34. The van der Waals surface area contributed by atoms with Gasteiger partial charge >= 0.3 is 0 Å². The maximum atomic E-state index is 3.77. The highest BCUT2D eigenvalue weighted by Crippen LogP contribution is 2.06. The molecule has 1 heterocycles. The second-order valence-corrected chi connectivity index (χ2v) is 3.01. The summed E-state index contributed by atoms with van der Waals surface area (Å²) in [6, 6.07) is 0.686. The number of likely N-dealkylation sites (N-methyl/N-ethyl adjacent to an activating group) is 1. The fourth-order valence-electron chi connectivity index (χ4n) is 1.64. The van der Waals surface area contributed by atoms with Crippen molar-refractivity contribution in [3.63, 3.8) is 0 Å². The number of hydrogen-bond donors (Lipinski definition) is 1. The fourth-order valence-corrected chi connectivity index (χ4v) is 1.64. The minimum atomic E-state index is 0.686. The lowest BCUT2D eigenvalue weighted by Gasteiger charge is -2.34. The van der Waals surface area contributed by atoms with Crippen LogP contribution < -0.4 is 5.32 Å². The van der Waals surface area contributed by atoms with E-state index in [1.807, 2.05) is 6.08 Å². The Labute approximate surface area is 69.3 Å². The highest BCUT2D eigenvalue weighted by Gasteiger charge is 2.18. The van der Waals surface area contributed by atoms with Gasteiger partial charge in [0.2, 0.25) is 0 Å². The molecule has 1 saturated heterocycles. The molecule has 0 spiro atoms. The standard InChI is InChI=1S/C9H18N2/c1-3-5-9-8-10-6-7-11(9)4-2/h3,9-10H,1,4-8H2,2H3. The van der Waals surface area contributed by atoms with Gasteiger partial charge in [-0.25, -0.2) is 0 Å². The van der Waals surface area contributed by atoms with Crippen molar-refractivity contribution in [2.24, 2.45) is 0 Å². The number of hydrogen-bond acceptors (Lipinski definition) is 2. The van der Waals surface area contributed by atoms with Crippen molar-refractivity contribution in [2.75, 3.05) is 26.2 Å². The molecule has 11 heavy (non-hydrogen) atoms. The van der Waals surface area contributed by atoms with Crippen molar-refractivity contribution in [1.29, 1.82) is 0 Å². The Morgan fingerprint density at radius 3 is 3.18 bits per heavy atom. The van der Waals surface area contributed by atoms with E-state index in [0.29, 0.717) is 6.04 Å². The van der Waals surface area contributed by atoms with Gasteiger partial charge in [-0.05, 0) is 13.0 Å². The Hall–Kier alpha value is -0.340. The molecular weight excluding hydrogens is 136 g/mol. The molecule has 1 N–H and O–H groups in total. The lowest BCUT2D eigenvalue weighted by Crippen LogP contribution is -2.50. The first-order valence-corrected chi connectivity index (χ1v) is 4.44. The third-order valence-corrected chi connectivity index (χ3v) is 2.32. The van der Waals surface area contributed by atoms with Crippen LogP contribution in [0, 0.1) is 0 Å². The van der Waals surface area contributed by atoms with Crippen LogP contribution >= 0.6 is 0 Å². The van der Waals surface area contributed by atoms with Crippen LogP contribution in [0.2, 0.25) is 0 Å². The van der Waals surface area contributed by atoms with Crippen LogP contribution in [0.15, 0.2) is 12.7 Å². The van der Waals surface area contributed by atoms with E-state index in [0.717, 1.165) is 19.5 Å². The molecule has 0 saturated carbocycles. The number of piperazine rings is 1. The van der Waals surface area contributed by atoms with Crippen molar-refractivity contribution in [3.05, 3.63) is 12.7 Å². The lowest BCUT2D eigenvalue weighted by molar-refractivity contribution is 0.171. The van der Waals surface area contributed by atoms with Crippen molar-refractivity contribution < 1.29 is 0 Å². The molecule has 0 aromatic rings. The van der Waals surface area contributed by atoms with Gasteiger partial charge in [-0.2, -0.15) is 0 Å². The minimum Gasteiger partial charge on any atom is -0.314 e. The molecule has 0 amide bonds. The van der Waals surface area contributed by atoms with Crippen LogP contribution in [-0.2, 0) is 0 Å². The smallest absolute Gasteiger partial charge is 0.0255 e. The first kappa shape index (κ1) is 8.75. The molecule has 2 heteroatoms. The summed E-state index contributed by atoms with van der Waals surface area (Å²) in [6.45, 7) is 10.6. The van der Waals surface area contributed by atoms with Crippen molar-refractivity contribution in [2.45, 2.75) is 19.4 Å². The third kappa shape index (κ3) is 2.31. The first-order valence-electron chi connectivity index (χ1n) is 4.44. The largest absolute Gasteiger partial charge is 0.314 e. The van der Waals surface area contributed by atoms with Crippen LogP contribution in [-0.4, -0.2) is 37.1 Å². The zero-order chi connectivity index (χ0) is 8.10. The van der Waals surface area contributed by atoms with Crippen LogP contribution in [0.1, 0.15) is 13.3 Å². The molecule has 1 aliphatic rings. The maximum absolute atomic E-state index is 3.77. The molecule has 1 atom stereocenters. The van der Waals surface area contributed by atoms with Crippen LogP contribution in [0.4, 0.5) is 0 Å². The molecule has 64 valence electrons. The van der Waals surface area contributed by atoms with Crippen LogP contribution in [0.3, 0.4) is 0 Å². The SMILES string of the molecule is C=CCC1CNCCN1CC. The van der Waals surface area contributed by atoms with Gasteiger partial charge in [0, 0.05) is 25.7 Å². The van der Waals surface area contributed by atoms with Gasteiger partial charge in [-0.15, -0.1) is 6.58 Å². The Bertz CT molecular complexity index is 123. The zero-order valence-corrected chi connectivity index (χ0v) is 7.34. The van der Waals surface area contributed by atoms with Gasteiger partial charge < -0.3 is 5.32 Å². The molecule has 2 nitrogen and oxygen atoms in total. The third-order valence-electron chi connectivity index (χ3n) is 2.32. The predicted octanol–water partition coefficient (Wildman–Crippen LogP) is 0.856. The van der Waals surface area contributed by atoms with E-state index in [9.17, 15) is 0 Å². The summed E-state index contributed by atoms with van der Waals surface area (Å²) in [5.41, 5.74) is 0. The summed E-state index contributed by atoms with van der Waals surface area (Å²) in [7, 11) is 0. The van der Waals surface area contributed by atoms with Crippen molar-refractivity contribution >= 4 is 0 Å². The number of nitrogens with zero attached hydrogens (tertiary/aromatic N) is 1. The van der Waals surface area contributed by atoms with Gasteiger partial charge in [0.05, 0.1) is 0 Å². The van der Waals surface area contributed by atoms with Crippen molar-refractivity contribution in [3.8, 4) is 0 Å². The van der Waals surface area contributed by atoms with Crippen molar-refractivity contribution in [1.82, 2.24) is 10.2 Å². The van der Waals surface area contributed by atoms with Gasteiger partial charge in [-0.1, -0.05) is 13.0 Å². The van der Waals surface area contributed by atoms with E-state index >= 15 is 0 Å². The van der Waals surface area contributed by atoms with Crippen LogP contribution in [0.5, 0.6) is 0 Å². The highest BCUT2D eigenvalue weighted by molar-refractivity contribution is 4.84. The minimum absolute atomic E-state index is 0.686. The summed E-state index contributed by atoms with van der Waals surface area (Å²) in [6.07, 6.45) is 3.13. The predicted molar refractivity (Wildman–Crippen MR) is 48.7 cm³/mol. The molecule has 0 bridgehead atoms. The van der Waals surface area contributed by atoms with Gasteiger partial charge in [0.1, 0.15) is 0 Å². The first-order chi connectivity index (χ1) is 5.38. The molecule has 1 unspecified atom stereocenters. The molecule has 0 radical (unpaired) electrons. The topological polar surface area (TPSA) is 15.3 Å². The van der Waals surface area contributed by atoms with E-state index in [4.69, 9.17) is 0 Å². The molecular formula is C9H18N2. The Kier molecular flexibility index (Phi) is 3.60. The molecule has 1 rings (SSSR count). The lowest BCUT2D eigenvalue weighted by atomic mass is 10.1. The molecule has 1 fully saturated rings. The van der Waals surface area contributed by atoms with E-state index < -0.39 is 0 Å². The van der Waals surface area contributed by atoms with E-state index in [2.05, 4.69) is 23.7 Å².